The van der Waals surface area contributed by atoms with Crippen molar-refractivity contribution in [2.45, 2.75) is 20.3 Å². The average Bonchev–Trinajstić information content (AvgIpc) is 1.68. The number of carbonyl (C=O) groups excluding carboxylic acids is 1. The Morgan fingerprint density at radius 2 is 2.25 bits per heavy atom. The van der Waals surface area contributed by atoms with Gasteiger partial charge in [-0.15, -0.1) is 13.3 Å². The molecule has 8 heavy (non-hydrogen) atoms. The zero-order chi connectivity index (χ0) is 5.70. The summed E-state index contributed by atoms with van der Waals surface area (Å²) in [4.78, 5) is 9.57. The predicted octanol–water partition coefficient (Wildman–Crippen LogP) is 1.45. The van der Waals surface area contributed by atoms with E-state index < -0.39 is 0 Å². The van der Waals surface area contributed by atoms with E-state index in [-0.39, 0.29) is 32.7 Å². The van der Waals surface area contributed by atoms with E-state index in [9.17, 15) is 4.79 Å². The molecule has 0 fully saturated rings. The van der Waals surface area contributed by atoms with Gasteiger partial charge in [-0.2, -0.15) is 6.08 Å². The van der Waals surface area contributed by atoms with Gasteiger partial charge in [0, 0.05) is 32.7 Å². The quantitative estimate of drug-likeness (QED) is 0.471. The molecule has 0 aromatic rings. The minimum Gasteiger partial charge on any atom is -0.419 e. The third-order valence-electron chi connectivity index (χ3n) is 0.863. The maximum Gasteiger partial charge on any atom is 0 e. The molecule has 1 radical (unpaired) electrons. The molecule has 0 unspecified atom stereocenters. The van der Waals surface area contributed by atoms with Crippen molar-refractivity contribution in [1.29, 1.82) is 0 Å². The largest absolute Gasteiger partial charge is 0.419 e. The molecule has 0 rings (SSSR count). The van der Waals surface area contributed by atoms with Gasteiger partial charge in [0.15, 0.2) is 0 Å². The van der Waals surface area contributed by atoms with Gasteiger partial charge < -0.3 is 4.79 Å². The van der Waals surface area contributed by atoms with Gasteiger partial charge in [0.25, 0.3) is 0 Å². The zero-order valence-corrected chi connectivity index (χ0v) is 8.11. The summed E-state index contributed by atoms with van der Waals surface area (Å²) in [6, 6.07) is 0. The number of rotatable bonds is 2. The Labute approximate surface area is 75.4 Å². The first kappa shape index (κ1) is 11.3. The summed E-state index contributed by atoms with van der Waals surface area (Å²) in [6.45, 7) is 3.91. The Morgan fingerprint density at radius 1 is 1.75 bits per heavy atom. The Bertz CT molecular complexity index is 86.5. The summed E-state index contributed by atoms with van der Waals surface area (Å²) < 4.78 is 0. The van der Waals surface area contributed by atoms with Crippen molar-refractivity contribution >= 4 is 6.29 Å². The predicted molar refractivity (Wildman–Crippen MR) is 29.7 cm³/mol. The van der Waals surface area contributed by atoms with E-state index in [1.807, 2.05) is 13.8 Å². The van der Waals surface area contributed by atoms with Crippen LogP contribution in [-0.4, -0.2) is 6.29 Å². The van der Waals surface area contributed by atoms with Crippen LogP contribution < -0.4 is 0 Å². The van der Waals surface area contributed by atoms with Gasteiger partial charge in [-0.25, -0.2) is 5.57 Å². The average molecular weight is 186 g/mol. The summed E-state index contributed by atoms with van der Waals surface area (Å²) >= 11 is 0. The maximum atomic E-state index is 9.57. The zero-order valence-electron chi connectivity index (χ0n) is 5.27. The molecule has 0 bridgehead atoms. The third-order valence-corrected chi connectivity index (χ3v) is 0.863. The normalized spacial score (nSPS) is 10.0. The van der Waals surface area contributed by atoms with Gasteiger partial charge in [-0.05, 0) is 6.29 Å². The number of hydrogen-bond acceptors (Lipinski definition) is 1. The van der Waals surface area contributed by atoms with E-state index in [1.54, 1.807) is 6.29 Å². The Kier molecular flexibility index (Phi) is 10.6. The molecule has 0 saturated heterocycles. The summed E-state index contributed by atoms with van der Waals surface area (Å²) in [5.41, 5.74) is 1.08. The second-order valence-corrected chi connectivity index (χ2v) is 1.46. The van der Waals surface area contributed by atoms with Gasteiger partial charge in [-0.1, -0.05) is 6.92 Å². The smallest absolute Gasteiger partial charge is 0 e. The van der Waals surface area contributed by atoms with Crippen LogP contribution in [0.15, 0.2) is 11.6 Å². The van der Waals surface area contributed by atoms with Crippen molar-refractivity contribution in [3.63, 3.8) is 0 Å². The van der Waals surface area contributed by atoms with E-state index >= 15 is 0 Å². The van der Waals surface area contributed by atoms with Crippen LogP contribution in [0.4, 0.5) is 0 Å². The van der Waals surface area contributed by atoms with E-state index in [2.05, 4.69) is 0 Å². The Morgan fingerprint density at radius 3 is 2.38 bits per heavy atom. The molecule has 0 heterocycles. The molecule has 0 saturated carbocycles. The molecule has 0 aliphatic heterocycles. The number of hydrogen-bond donors (Lipinski definition) is 0. The molecule has 2 heteroatoms. The van der Waals surface area contributed by atoms with Crippen LogP contribution in [0, 0.1) is 0 Å². The molecule has 0 aliphatic carbocycles. The minimum atomic E-state index is 0. The van der Waals surface area contributed by atoms with Crippen LogP contribution in [0.3, 0.4) is 0 Å². The maximum absolute atomic E-state index is 9.57. The molecule has 0 aliphatic rings. The summed E-state index contributed by atoms with van der Waals surface area (Å²) in [5.74, 6) is 0. The first-order valence-corrected chi connectivity index (χ1v) is 2.34. The first-order chi connectivity index (χ1) is 3.31. The summed E-state index contributed by atoms with van der Waals surface area (Å²) in [7, 11) is 0. The third kappa shape index (κ3) is 6.51. The van der Waals surface area contributed by atoms with Crippen molar-refractivity contribution < 1.29 is 37.5 Å². The van der Waals surface area contributed by atoms with Crippen LogP contribution in [0.2, 0.25) is 0 Å². The van der Waals surface area contributed by atoms with Crippen LogP contribution in [-0.2, 0) is 37.5 Å². The molecule has 0 amide bonds. The Balaban J connectivity index is 0. The molecule has 0 atom stereocenters. The molecule has 43 valence electrons. The Hall–Kier alpha value is 0.514. The van der Waals surface area contributed by atoms with Gasteiger partial charge in [0.2, 0.25) is 0 Å². The second kappa shape index (κ2) is 7.51. The van der Waals surface area contributed by atoms with Crippen LogP contribution in [0.25, 0.3) is 0 Å². The summed E-state index contributed by atoms with van der Waals surface area (Å²) in [6.07, 6.45) is 4.10. The van der Waals surface area contributed by atoms with Gasteiger partial charge >= 0.3 is 0 Å². The fraction of sp³-hybridized carbons (Fsp3) is 0.500. The number of allylic oxidation sites excluding steroid dienone is 2. The molecule has 1 nitrogen and oxygen atoms in total. The van der Waals surface area contributed by atoms with Crippen molar-refractivity contribution in [2.24, 2.45) is 0 Å². The molecular formula is C6H9OY-. The summed E-state index contributed by atoms with van der Waals surface area (Å²) in [5, 5.41) is 0. The van der Waals surface area contributed by atoms with E-state index in [4.69, 9.17) is 0 Å². The van der Waals surface area contributed by atoms with Crippen molar-refractivity contribution in [3.8, 4) is 0 Å². The monoisotopic (exact) mass is 186 g/mol. The second-order valence-electron chi connectivity index (χ2n) is 1.46. The molecule has 0 N–H and O–H groups in total. The van der Waals surface area contributed by atoms with Crippen molar-refractivity contribution in [3.05, 3.63) is 11.6 Å². The van der Waals surface area contributed by atoms with Gasteiger partial charge in [0.05, 0.1) is 0 Å². The van der Waals surface area contributed by atoms with Gasteiger partial charge in [-0.3, -0.25) is 0 Å². The molecule has 0 aromatic heterocycles. The van der Waals surface area contributed by atoms with E-state index in [0.29, 0.717) is 0 Å². The molecule has 0 aromatic carbocycles. The van der Waals surface area contributed by atoms with Crippen molar-refractivity contribution in [1.82, 2.24) is 0 Å². The van der Waals surface area contributed by atoms with Crippen LogP contribution >= 0.6 is 0 Å². The van der Waals surface area contributed by atoms with E-state index in [0.717, 1.165) is 12.0 Å². The van der Waals surface area contributed by atoms with Crippen LogP contribution in [0.1, 0.15) is 20.3 Å². The molecular weight excluding hydrogens is 177 g/mol. The fourth-order valence-electron chi connectivity index (χ4n) is 0.203. The molecule has 0 spiro atoms. The van der Waals surface area contributed by atoms with E-state index in [1.165, 1.54) is 6.08 Å². The van der Waals surface area contributed by atoms with Gasteiger partial charge in [0.1, 0.15) is 0 Å². The topological polar surface area (TPSA) is 17.1 Å². The first-order valence-electron chi connectivity index (χ1n) is 2.34. The SMILES string of the molecule is CC/C(C)=C/[C-]=O.[Y]. The fourth-order valence-corrected chi connectivity index (χ4v) is 0.203. The minimum absolute atomic E-state index is 0. The van der Waals surface area contributed by atoms with Crippen LogP contribution in [0.5, 0.6) is 0 Å². The standard InChI is InChI=1S/C6H9O.Y/c1-3-6(2)4-5-7;/h4H,3H2,1-2H3;/q-1;/b6-4+;. The van der Waals surface area contributed by atoms with Crippen molar-refractivity contribution in [2.75, 3.05) is 0 Å².